The lowest BCUT2D eigenvalue weighted by atomic mass is 10.00. The lowest BCUT2D eigenvalue weighted by Crippen LogP contribution is -2.20. The van der Waals surface area contributed by atoms with E-state index in [0.29, 0.717) is 12.0 Å². The summed E-state index contributed by atoms with van der Waals surface area (Å²) in [6.07, 6.45) is 0.330. The zero-order valence-corrected chi connectivity index (χ0v) is 11.9. The van der Waals surface area contributed by atoms with Crippen molar-refractivity contribution in [3.8, 4) is 5.75 Å². The summed E-state index contributed by atoms with van der Waals surface area (Å²) in [5.74, 6) is -1.52. The van der Waals surface area contributed by atoms with Gasteiger partial charge in [0.2, 0.25) is 0 Å². The number of rotatable bonds is 7. The molecular weight excluding hydrogens is 285 g/mol. The molecule has 0 radical (unpaired) electrons. The quantitative estimate of drug-likeness (QED) is 0.592. The number of hydrogen-bond donors (Lipinski definition) is 1. The van der Waals surface area contributed by atoms with Crippen molar-refractivity contribution in [1.29, 1.82) is 0 Å². The molecule has 0 aromatic heterocycles. The van der Waals surface area contributed by atoms with Crippen molar-refractivity contribution in [2.24, 2.45) is 0 Å². The minimum Gasteiger partial charge on any atom is -0.508 e. The SMILES string of the molecule is CCCCCCCc1cc(O)ccc1C(=O)OC(F)(F)F. The van der Waals surface area contributed by atoms with Crippen molar-refractivity contribution in [1.82, 2.24) is 0 Å². The first kappa shape index (κ1) is 17.3. The predicted molar refractivity (Wildman–Crippen MR) is 72.0 cm³/mol. The number of carbonyl (C=O) groups excluding carboxylic acids is 1. The van der Waals surface area contributed by atoms with Crippen LogP contribution < -0.4 is 0 Å². The smallest absolute Gasteiger partial charge is 0.508 e. The number of alkyl halides is 3. The number of halogens is 3. The molecule has 6 heteroatoms. The third-order valence-corrected chi connectivity index (χ3v) is 3.07. The van der Waals surface area contributed by atoms with Gasteiger partial charge in [-0.2, -0.15) is 0 Å². The third kappa shape index (κ3) is 6.51. The number of phenols is 1. The zero-order valence-electron chi connectivity index (χ0n) is 11.9. The van der Waals surface area contributed by atoms with Gasteiger partial charge in [-0.25, -0.2) is 4.79 Å². The molecule has 0 atom stereocenters. The number of phenolic OH excluding ortho intramolecular Hbond substituents is 1. The summed E-state index contributed by atoms with van der Waals surface area (Å²) < 4.78 is 39.7. The Hall–Kier alpha value is -1.72. The molecule has 0 heterocycles. The van der Waals surface area contributed by atoms with Gasteiger partial charge in [-0.05, 0) is 36.6 Å². The second-order valence-corrected chi connectivity index (χ2v) is 4.84. The van der Waals surface area contributed by atoms with Gasteiger partial charge in [-0.3, -0.25) is 0 Å². The lowest BCUT2D eigenvalue weighted by molar-refractivity contribution is -0.291. The largest absolute Gasteiger partial charge is 0.575 e. The summed E-state index contributed by atoms with van der Waals surface area (Å²) in [6, 6.07) is 3.64. The molecule has 118 valence electrons. The first-order valence-electron chi connectivity index (χ1n) is 6.95. The Morgan fingerprint density at radius 3 is 2.48 bits per heavy atom. The van der Waals surface area contributed by atoms with Crippen molar-refractivity contribution >= 4 is 5.97 Å². The second kappa shape index (κ2) is 7.90. The summed E-state index contributed by atoms with van der Waals surface area (Å²) in [7, 11) is 0. The molecule has 1 N–H and O–H groups in total. The highest BCUT2D eigenvalue weighted by Gasteiger charge is 2.35. The van der Waals surface area contributed by atoms with E-state index in [1.54, 1.807) is 0 Å². The molecule has 0 aliphatic carbocycles. The van der Waals surface area contributed by atoms with Gasteiger partial charge in [-0.15, -0.1) is 13.2 Å². The fourth-order valence-electron chi connectivity index (χ4n) is 2.07. The van der Waals surface area contributed by atoms with Crippen molar-refractivity contribution < 1.29 is 27.8 Å². The van der Waals surface area contributed by atoms with Gasteiger partial charge in [0.25, 0.3) is 0 Å². The summed E-state index contributed by atoms with van der Waals surface area (Å²) in [5.41, 5.74) is 0.223. The highest BCUT2D eigenvalue weighted by Crippen LogP contribution is 2.24. The average Bonchev–Trinajstić information content (AvgIpc) is 2.36. The van der Waals surface area contributed by atoms with Crippen LogP contribution in [-0.4, -0.2) is 17.4 Å². The molecule has 0 spiro atoms. The molecule has 1 aromatic carbocycles. The van der Waals surface area contributed by atoms with Crippen LogP contribution in [0.5, 0.6) is 5.75 Å². The Bertz CT molecular complexity index is 470. The number of aryl methyl sites for hydroxylation is 1. The molecule has 0 fully saturated rings. The van der Waals surface area contributed by atoms with E-state index < -0.39 is 12.3 Å². The van der Waals surface area contributed by atoms with E-state index in [1.807, 2.05) is 0 Å². The van der Waals surface area contributed by atoms with Gasteiger partial charge in [0, 0.05) is 0 Å². The lowest BCUT2D eigenvalue weighted by Gasteiger charge is -2.11. The number of hydrogen-bond acceptors (Lipinski definition) is 3. The zero-order chi connectivity index (χ0) is 15.9. The minimum absolute atomic E-state index is 0.0814. The van der Waals surface area contributed by atoms with E-state index in [-0.39, 0.29) is 11.3 Å². The maximum atomic E-state index is 12.1. The molecule has 0 aliphatic rings. The highest BCUT2D eigenvalue weighted by molar-refractivity contribution is 5.91. The fraction of sp³-hybridized carbons (Fsp3) is 0.533. The van der Waals surface area contributed by atoms with Crippen molar-refractivity contribution in [2.45, 2.75) is 51.8 Å². The maximum absolute atomic E-state index is 12.1. The molecule has 0 unspecified atom stereocenters. The number of aromatic hydroxyl groups is 1. The molecule has 21 heavy (non-hydrogen) atoms. The van der Waals surface area contributed by atoms with E-state index in [0.717, 1.165) is 38.2 Å². The van der Waals surface area contributed by atoms with E-state index >= 15 is 0 Å². The molecule has 0 amide bonds. The van der Waals surface area contributed by atoms with E-state index in [9.17, 15) is 23.1 Å². The van der Waals surface area contributed by atoms with E-state index in [4.69, 9.17) is 0 Å². The predicted octanol–water partition coefficient (Wildman–Crippen LogP) is 4.58. The minimum atomic E-state index is -5.01. The van der Waals surface area contributed by atoms with Crippen LogP contribution >= 0.6 is 0 Å². The summed E-state index contributed by atoms with van der Waals surface area (Å²) in [4.78, 5) is 11.5. The number of esters is 1. The van der Waals surface area contributed by atoms with Crippen LogP contribution in [0.3, 0.4) is 0 Å². The standard InChI is InChI=1S/C15H19F3O3/c1-2-3-4-5-6-7-11-10-12(19)8-9-13(11)14(20)21-15(16,17)18/h8-10,19H,2-7H2,1H3. The van der Waals surface area contributed by atoms with Gasteiger partial charge in [0.15, 0.2) is 0 Å². The van der Waals surface area contributed by atoms with Crippen molar-refractivity contribution in [3.05, 3.63) is 29.3 Å². The van der Waals surface area contributed by atoms with Gasteiger partial charge in [0.05, 0.1) is 5.56 Å². The Morgan fingerprint density at radius 1 is 1.19 bits per heavy atom. The molecule has 0 aliphatic heterocycles. The van der Waals surface area contributed by atoms with Crippen molar-refractivity contribution in [3.63, 3.8) is 0 Å². The Morgan fingerprint density at radius 2 is 1.86 bits per heavy atom. The third-order valence-electron chi connectivity index (χ3n) is 3.07. The van der Waals surface area contributed by atoms with Crippen LogP contribution in [0.2, 0.25) is 0 Å². The first-order chi connectivity index (χ1) is 9.83. The van der Waals surface area contributed by atoms with Crippen LogP contribution in [0.1, 0.15) is 54.9 Å². The highest BCUT2D eigenvalue weighted by atomic mass is 19.4. The first-order valence-corrected chi connectivity index (χ1v) is 6.95. The van der Waals surface area contributed by atoms with Gasteiger partial charge < -0.3 is 9.84 Å². The van der Waals surface area contributed by atoms with Gasteiger partial charge in [0.1, 0.15) is 5.75 Å². The van der Waals surface area contributed by atoms with E-state index in [2.05, 4.69) is 11.7 Å². The summed E-state index contributed by atoms with van der Waals surface area (Å²) in [5, 5.41) is 9.42. The number of carbonyl (C=O) groups is 1. The maximum Gasteiger partial charge on any atom is 0.575 e. The van der Waals surface area contributed by atoms with Gasteiger partial charge >= 0.3 is 12.3 Å². The van der Waals surface area contributed by atoms with Gasteiger partial charge in [-0.1, -0.05) is 32.6 Å². The summed E-state index contributed by atoms with van der Waals surface area (Å²) in [6.45, 7) is 2.08. The Labute approximate surface area is 121 Å². The summed E-state index contributed by atoms with van der Waals surface area (Å²) >= 11 is 0. The Balaban J connectivity index is 2.73. The number of ether oxygens (including phenoxy) is 1. The molecule has 1 rings (SSSR count). The average molecular weight is 304 g/mol. The van der Waals surface area contributed by atoms with Crippen LogP contribution in [0.15, 0.2) is 18.2 Å². The van der Waals surface area contributed by atoms with E-state index in [1.165, 1.54) is 12.1 Å². The monoisotopic (exact) mass is 304 g/mol. The van der Waals surface area contributed by atoms with Crippen LogP contribution in [0.4, 0.5) is 13.2 Å². The molecular formula is C15H19F3O3. The van der Waals surface area contributed by atoms with Crippen LogP contribution in [0, 0.1) is 0 Å². The van der Waals surface area contributed by atoms with Crippen molar-refractivity contribution in [2.75, 3.05) is 0 Å². The number of unbranched alkanes of at least 4 members (excludes halogenated alkanes) is 4. The van der Waals surface area contributed by atoms with Crippen LogP contribution in [-0.2, 0) is 11.2 Å². The Kier molecular flexibility index (Phi) is 6.52. The number of benzene rings is 1. The normalized spacial score (nSPS) is 11.4. The molecule has 0 saturated carbocycles. The molecule has 0 saturated heterocycles. The molecule has 3 nitrogen and oxygen atoms in total. The topological polar surface area (TPSA) is 46.5 Å². The second-order valence-electron chi connectivity index (χ2n) is 4.84. The molecule has 1 aromatic rings. The van der Waals surface area contributed by atoms with Crippen LogP contribution in [0.25, 0.3) is 0 Å². The fourth-order valence-corrected chi connectivity index (χ4v) is 2.07. The molecule has 0 bridgehead atoms.